The topological polar surface area (TPSA) is 65.7 Å². The number of hydrogen-bond donors (Lipinski definition) is 0. The van der Waals surface area contributed by atoms with Gasteiger partial charge in [0.25, 0.3) is 5.56 Å². The Morgan fingerprint density at radius 3 is 2.57 bits per heavy atom. The molecule has 0 atom stereocenters. The van der Waals surface area contributed by atoms with E-state index in [0.717, 1.165) is 22.4 Å². The maximum absolute atomic E-state index is 14.3. The van der Waals surface area contributed by atoms with E-state index in [1.807, 2.05) is 25.1 Å². The number of hydrogen-bond acceptors (Lipinski definition) is 5. The minimum atomic E-state index is -0.369. The number of methoxy groups -OCH3 is 1. The zero-order valence-electron chi connectivity index (χ0n) is 23.5. The second kappa shape index (κ2) is 12.5. The highest BCUT2D eigenvalue weighted by atomic mass is 79.9. The lowest BCUT2D eigenvalue weighted by Crippen LogP contribution is -2.21. The molecular formula is C33H28BrClFN3O3. The standard InChI is InChI=1S/C33H28BrClFN3O3/c1-19(2)25-16-26(20(3)13-30(25)41-4)32-38-29-12-8-6-10-24(29)33(40)39(32)37-17-22-14-23(35)15-27(34)31(22)42-18-21-9-5-7-11-28(21)36/h5-17,19H,18H2,1-4H3. The number of nitrogens with zero attached hydrogens (tertiary/aromatic N) is 3. The lowest BCUT2D eigenvalue weighted by Gasteiger charge is -2.17. The Bertz CT molecular complexity index is 1890. The van der Waals surface area contributed by atoms with Crippen molar-refractivity contribution < 1.29 is 13.9 Å². The van der Waals surface area contributed by atoms with Crippen LogP contribution in [0.5, 0.6) is 11.5 Å². The average Bonchev–Trinajstić information content (AvgIpc) is 2.96. The van der Waals surface area contributed by atoms with Crippen LogP contribution < -0.4 is 15.0 Å². The van der Waals surface area contributed by atoms with Crippen LogP contribution in [0.3, 0.4) is 0 Å². The van der Waals surface area contributed by atoms with Crippen LogP contribution in [-0.2, 0) is 6.61 Å². The fraction of sp³-hybridized carbons (Fsp3) is 0.182. The molecule has 1 heterocycles. The molecule has 0 saturated carbocycles. The summed E-state index contributed by atoms with van der Waals surface area (Å²) < 4.78 is 27.8. The van der Waals surface area contributed by atoms with Crippen molar-refractivity contribution >= 4 is 44.6 Å². The third-order valence-corrected chi connectivity index (χ3v) is 7.68. The van der Waals surface area contributed by atoms with E-state index in [4.69, 9.17) is 26.1 Å². The number of halogens is 3. The van der Waals surface area contributed by atoms with Crippen molar-refractivity contribution in [2.75, 3.05) is 7.11 Å². The summed E-state index contributed by atoms with van der Waals surface area (Å²) in [6.07, 6.45) is 1.50. The van der Waals surface area contributed by atoms with Gasteiger partial charge in [-0.25, -0.2) is 9.37 Å². The summed E-state index contributed by atoms with van der Waals surface area (Å²) in [5.74, 6) is 1.35. The van der Waals surface area contributed by atoms with Crippen LogP contribution in [0.4, 0.5) is 4.39 Å². The van der Waals surface area contributed by atoms with Crippen LogP contribution in [-0.4, -0.2) is 23.0 Å². The summed E-state index contributed by atoms with van der Waals surface area (Å²) in [5, 5.41) is 5.48. The second-order valence-corrected chi connectivity index (χ2v) is 11.4. The zero-order valence-corrected chi connectivity index (χ0v) is 25.8. The highest BCUT2D eigenvalue weighted by Crippen LogP contribution is 2.35. The molecule has 0 radical (unpaired) electrons. The number of rotatable bonds is 8. The van der Waals surface area contributed by atoms with Crippen LogP contribution >= 0.6 is 27.5 Å². The molecule has 0 saturated heterocycles. The van der Waals surface area contributed by atoms with Gasteiger partial charge < -0.3 is 9.47 Å². The number of benzene rings is 4. The highest BCUT2D eigenvalue weighted by molar-refractivity contribution is 9.10. The van der Waals surface area contributed by atoms with E-state index < -0.39 is 0 Å². The summed E-state index contributed by atoms with van der Waals surface area (Å²) in [5.41, 5.74) is 3.73. The molecule has 0 aliphatic heterocycles. The van der Waals surface area contributed by atoms with Crippen molar-refractivity contribution in [3.05, 3.63) is 121 Å². The number of aromatic nitrogens is 2. The summed E-state index contributed by atoms with van der Waals surface area (Å²) >= 11 is 9.88. The first-order valence-corrected chi connectivity index (χ1v) is 14.4. The third-order valence-electron chi connectivity index (χ3n) is 6.87. The zero-order chi connectivity index (χ0) is 30.0. The first-order chi connectivity index (χ1) is 20.2. The molecule has 0 N–H and O–H groups in total. The fourth-order valence-electron chi connectivity index (χ4n) is 4.69. The van der Waals surface area contributed by atoms with Gasteiger partial charge in [0.1, 0.15) is 23.9 Å². The van der Waals surface area contributed by atoms with Crippen molar-refractivity contribution in [1.82, 2.24) is 9.66 Å². The Kier molecular flexibility index (Phi) is 8.75. The van der Waals surface area contributed by atoms with Gasteiger partial charge in [-0.3, -0.25) is 4.79 Å². The fourth-order valence-corrected chi connectivity index (χ4v) is 5.63. The summed E-state index contributed by atoms with van der Waals surface area (Å²) in [6.45, 7) is 6.09. The van der Waals surface area contributed by atoms with Gasteiger partial charge >= 0.3 is 0 Å². The Balaban J connectivity index is 1.67. The summed E-state index contributed by atoms with van der Waals surface area (Å²) in [7, 11) is 1.64. The third kappa shape index (κ3) is 5.96. The molecule has 0 spiro atoms. The van der Waals surface area contributed by atoms with E-state index in [9.17, 15) is 9.18 Å². The monoisotopic (exact) mass is 647 g/mol. The van der Waals surface area contributed by atoms with Gasteiger partial charge in [-0.1, -0.05) is 55.8 Å². The first kappa shape index (κ1) is 29.5. The molecule has 4 aromatic carbocycles. The summed E-state index contributed by atoms with van der Waals surface area (Å²) in [6, 6.07) is 20.9. The molecule has 0 aliphatic carbocycles. The van der Waals surface area contributed by atoms with E-state index in [-0.39, 0.29) is 23.9 Å². The van der Waals surface area contributed by atoms with Crippen molar-refractivity contribution in [3.8, 4) is 22.9 Å². The molecule has 0 aliphatic rings. The molecule has 0 bridgehead atoms. The molecule has 0 unspecified atom stereocenters. The molecule has 214 valence electrons. The minimum absolute atomic E-state index is 0.0144. The van der Waals surface area contributed by atoms with Crippen molar-refractivity contribution in [2.45, 2.75) is 33.3 Å². The molecule has 42 heavy (non-hydrogen) atoms. The van der Waals surface area contributed by atoms with Gasteiger partial charge in [0, 0.05) is 21.7 Å². The molecule has 5 aromatic rings. The molecule has 1 aromatic heterocycles. The average molecular weight is 649 g/mol. The lowest BCUT2D eigenvalue weighted by atomic mass is 9.96. The first-order valence-electron chi connectivity index (χ1n) is 13.3. The highest BCUT2D eigenvalue weighted by Gasteiger charge is 2.19. The number of ether oxygens (including phenoxy) is 2. The van der Waals surface area contributed by atoms with Gasteiger partial charge in [0.05, 0.1) is 28.7 Å². The van der Waals surface area contributed by atoms with E-state index in [0.29, 0.717) is 43.1 Å². The normalized spacial score (nSPS) is 11.5. The largest absolute Gasteiger partial charge is 0.496 e. The Morgan fingerprint density at radius 2 is 1.83 bits per heavy atom. The predicted molar refractivity (Wildman–Crippen MR) is 170 cm³/mol. The molecule has 5 rings (SSSR count). The van der Waals surface area contributed by atoms with E-state index in [2.05, 4.69) is 34.9 Å². The molecular weight excluding hydrogens is 621 g/mol. The van der Waals surface area contributed by atoms with Gasteiger partial charge in [0.2, 0.25) is 0 Å². The number of fused-ring (bicyclic) bond motifs is 1. The predicted octanol–water partition coefficient (Wildman–Crippen LogP) is 8.52. The van der Waals surface area contributed by atoms with Gasteiger partial charge in [-0.15, -0.1) is 0 Å². The minimum Gasteiger partial charge on any atom is -0.496 e. The van der Waals surface area contributed by atoms with Gasteiger partial charge in [-0.2, -0.15) is 9.78 Å². The van der Waals surface area contributed by atoms with E-state index in [1.165, 1.54) is 17.0 Å². The van der Waals surface area contributed by atoms with Gasteiger partial charge in [0.15, 0.2) is 5.82 Å². The quantitative estimate of drug-likeness (QED) is 0.158. The van der Waals surface area contributed by atoms with Crippen molar-refractivity contribution in [1.29, 1.82) is 0 Å². The van der Waals surface area contributed by atoms with Crippen LogP contribution in [0, 0.1) is 12.7 Å². The van der Waals surface area contributed by atoms with Crippen LogP contribution in [0.2, 0.25) is 5.02 Å². The summed E-state index contributed by atoms with van der Waals surface area (Å²) in [4.78, 5) is 18.7. The Hall–Kier alpha value is -4.01. The van der Waals surface area contributed by atoms with Crippen LogP contribution in [0.1, 0.15) is 42.0 Å². The maximum Gasteiger partial charge on any atom is 0.282 e. The van der Waals surface area contributed by atoms with Crippen LogP contribution in [0.15, 0.2) is 87.2 Å². The SMILES string of the molecule is COc1cc(C)c(-c2nc3ccccc3c(=O)n2N=Cc2cc(Cl)cc(Br)c2OCc2ccccc2F)cc1C(C)C. The Morgan fingerprint density at radius 1 is 1.10 bits per heavy atom. The van der Waals surface area contributed by atoms with Crippen molar-refractivity contribution in [2.24, 2.45) is 5.10 Å². The van der Waals surface area contributed by atoms with Crippen LogP contribution in [0.25, 0.3) is 22.3 Å². The second-order valence-electron chi connectivity index (χ2n) is 10.1. The van der Waals surface area contributed by atoms with E-state index in [1.54, 1.807) is 55.6 Å². The Labute approximate surface area is 256 Å². The lowest BCUT2D eigenvalue weighted by molar-refractivity contribution is 0.297. The van der Waals surface area contributed by atoms with E-state index >= 15 is 0 Å². The maximum atomic E-state index is 14.3. The molecule has 9 heteroatoms. The smallest absolute Gasteiger partial charge is 0.282 e. The number of para-hydroxylation sites is 1. The molecule has 0 amide bonds. The molecule has 6 nitrogen and oxygen atoms in total. The van der Waals surface area contributed by atoms with Crippen molar-refractivity contribution in [3.63, 3.8) is 0 Å². The number of aryl methyl sites for hydroxylation is 1. The molecule has 0 fully saturated rings. The van der Waals surface area contributed by atoms with Gasteiger partial charge in [-0.05, 0) is 82.4 Å².